The highest BCUT2D eigenvalue weighted by atomic mass is 32.2. The molecule has 1 N–H and O–H groups in total. The van der Waals surface area contributed by atoms with Crippen LogP contribution in [0.15, 0.2) is 77.8 Å². The molecule has 0 saturated carbocycles. The van der Waals surface area contributed by atoms with Gasteiger partial charge in [-0.2, -0.15) is 0 Å². The average Bonchev–Trinajstić information content (AvgIpc) is 2.93. The van der Waals surface area contributed by atoms with Crippen LogP contribution in [0.2, 0.25) is 0 Å². The number of para-hydroxylation sites is 1. The fourth-order valence-electron chi connectivity index (χ4n) is 3.85. The summed E-state index contributed by atoms with van der Waals surface area (Å²) >= 11 is 1.29. The number of amides is 2. The number of hydrogen-bond acceptors (Lipinski definition) is 7. The van der Waals surface area contributed by atoms with Gasteiger partial charge in [-0.1, -0.05) is 36.0 Å². The highest BCUT2D eigenvalue weighted by molar-refractivity contribution is 8.15. The zero-order valence-corrected chi connectivity index (χ0v) is 21.8. The van der Waals surface area contributed by atoms with Gasteiger partial charge in [0.25, 0.3) is 0 Å². The number of benzene rings is 3. The van der Waals surface area contributed by atoms with Crippen LogP contribution < -0.4 is 19.5 Å². The van der Waals surface area contributed by atoms with E-state index in [0.29, 0.717) is 46.8 Å². The molecule has 0 spiro atoms. The molecule has 1 saturated heterocycles. The minimum Gasteiger partial charge on any atom is -0.497 e. The van der Waals surface area contributed by atoms with Crippen molar-refractivity contribution in [2.24, 2.45) is 4.99 Å². The molecule has 1 atom stereocenters. The van der Waals surface area contributed by atoms with E-state index in [0.717, 1.165) is 5.56 Å². The van der Waals surface area contributed by atoms with Crippen LogP contribution in [0.4, 0.5) is 11.4 Å². The van der Waals surface area contributed by atoms with E-state index < -0.39 is 5.25 Å². The van der Waals surface area contributed by atoms with Crippen molar-refractivity contribution < 1.29 is 23.8 Å². The first-order valence-electron chi connectivity index (χ1n) is 11.8. The lowest BCUT2D eigenvalue weighted by molar-refractivity contribution is -0.129. The maximum Gasteiger partial charge on any atom is 0.238 e. The van der Waals surface area contributed by atoms with Gasteiger partial charge in [0.2, 0.25) is 11.8 Å². The van der Waals surface area contributed by atoms with E-state index in [1.54, 1.807) is 26.2 Å². The minimum atomic E-state index is -0.595. The second kappa shape index (κ2) is 12.3. The monoisotopic (exact) mass is 519 g/mol. The molecule has 192 valence electrons. The second-order valence-corrected chi connectivity index (χ2v) is 9.41. The van der Waals surface area contributed by atoms with Crippen molar-refractivity contribution in [3.05, 3.63) is 78.4 Å². The molecule has 4 rings (SSSR count). The molecule has 3 aromatic rings. The average molecular weight is 520 g/mol. The number of carbonyl (C=O) groups excluding carboxylic acids is 2. The molecule has 9 heteroatoms. The summed E-state index contributed by atoms with van der Waals surface area (Å²) in [6.07, 6.45) is 0.659. The molecule has 0 unspecified atom stereocenters. The van der Waals surface area contributed by atoms with E-state index >= 15 is 0 Å². The predicted octanol–water partition coefficient (Wildman–Crippen LogP) is 4.92. The lowest BCUT2D eigenvalue weighted by Crippen LogP contribution is -2.46. The van der Waals surface area contributed by atoms with Crippen LogP contribution in [0.25, 0.3) is 0 Å². The quantitative estimate of drug-likeness (QED) is 0.432. The van der Waals surface area contributed by atoms with Crippen molar-refractivity contribution in [1.82, 2.24) is 4.90 Å². The maximum atomic E-state index is 13.3. The van der Waals surface area contributed by atoms with E-state index in [1.807, 2.05) is 72.8 Å². The Labute approximate surface area is 220 Å². The van der Waals surface area contributed by atoms with Gasteiger partial charge < -0.3 is 19.5 Å². The first-order chi connectivity index (χ1) is 18.0. The summed E-state index contributed by atoms with van der Waals surface area (Å²) in [6.45, 7) is 0.406. The van der Waals surface area contributed by atoms with Crippen molar-refractivity contribution in [2.45, 2.75) is 18.1 Å². The zero-order chi connectivity index (χ0) is 26.2. The smallest absolute Gasteiger partial charge is 0.238 e. The molecule has 1 aliphatic rings. The zero-order valence-electron chi connectivity index (χ0n) is 21.0. The number of carbonyl (C=O) groups is 2. The van der Waals surface area contributed by atoms with Crippen LogP contribution in [0.5, 0.6) is 17.2 Å². The molecule has 3 aromatic carbocycles. The van der Waals surface area contributed by atoms with Gasteiger partial charge in [-0.25, -0.2) is 4.99 Å². The first kappa shape index (κ1) is 26.1. The van der Waals surface area contributed by atoms with Crippen LogP contribution >= 0.6 is 11.8 Å². The van der Waals surface area contributed by atoms with Gasteiger partial charge in [0.05, 0.1) is 27.0 Å². The number of ether oxygens (including phenoxy) is 3. The van der Waals surface area contributed by atoms with Crippen molar-refractivity contribution in [3.63, 3.8) is 0 Å². The molecular weight excluding hydrogens is 490 g/mol. The van der Waals surface area contributed by atoms with Crippen molar-refractivity contribution in [2.75, 3.05) is 33.2 Å². The third-order valence-electron chi connectivity index (χ3n) is 5.84. The Hall–Kier alpha value is -3.98. The Balaban J connectivity index is 1.56. The Morgan fingerprint density at radius 3 is 2.38 bits per heavy atom. The van der Waals surface area contributed by atoms with Gasteiger partial charge in [-0.05, 0) is 60.5 Å². The molecule has 0 aromatic heterocycles. The van der Waals surface area contributed by atoms with Gasteiger partial charge in [0.15, 0.2) is 16.7 Å². The number of hydrogen-bond donors (Lipinski definition) is 1. The third-order valence-corrected chi connectivity index (χ3v) is 7.03. The van der Waals surface area contributed by atoms with E-state index in [1.165, 1.54) is 11.8 Å². The van der Waals surface area contributed by atoms with Crippen molar-refractivity contribution in [3.8, 4) is 17.2 Å². The van der Waals surface area contributed by atoms with Gasteiger partial charge in [0.1, 0.15) is 11.0 Å². The summed E-state index contributed by atoms with van der Waals surface area (Å²) in [5, 5.41) is 2.79. The largest absolute Gasteiger partial charge is 0.497 e. The standard InChI is InChI=1S/C28H29N3O5S/c1-34-22-12-10-21(11-13-22)30-28-31(16-15-19-9-14-23(35-2)24(17-19)36-3)26(32)18-25(37-28)27(33)29-20-7-5-4-6-8-20/h4-14,17,25H,15-16,18H2,1-3H3,(H,29,33)/t25-/m1/s1. The summed E-state index contributed by atoms with van der Waals surface area (Å²) in [5.74, 6) is 1.60. The molecule has 1 fully saturated rings. The fraction of sp³-hybridized carbons (Fsp3) is 0.250. The van der Waals surface area contributed by atoms with Crippen molar-refractivity contribution >= 4 is 40.1 Å². The van der Waals surface area contributed by atoms with Crippen molar-refractivity contribution in [1.29, 1.82) is 0 Å². The van der Waals surface area contributed by atoms with Crippen LogP contribution in [0.1, 0.15) is 12.0 Å². The number of aliphatic imine (C=N–C) groups is 1. The van der Waals surface area contributed by atoms with Gasteiger partial charge in [-0.3, -0.25) is 14.5 Å². The highest BCUT2D eigenvalue weighted by Gasteiger charge is 2.35. The van der Waals surface area contributed by atoms with E-state index in [-0.39, 0.29) is 18.2 Å². The SMILES string of the molecule is COc1ccc(N=C2S[C@@H](C(=O)Nc3ccccc3)CC(=O)N2CCc2ccc(OC)c(OC)c2)cc1. The summed E-state index contributed by atoms with van der Waals surface area (Å²) in [7, 11) is 4.78. The number of amidine groups is 1. The number of thioether (sulfide) groups is 1. The van der Waals surface area contributed by atoms with E-state index in [2.05, 4.69) is 5.32 Å². The molecule has 0 radical (unpaired) electrons. The third kappa shape index (κ3) is 6.62. The van der Waals surface area contributed by atoms with Gasteiger partial charge >= 0.3 is 0 Å². The fourth-order valence-corrected chi connectivity index (χ4v) is 4.97. The number of anilines is 1. The number of methoxy groups -OCH3 is 3. The van der Waals surface area contributed by atoms with Crippen LogP contribution in [0.3, 0.4) is 0 Å². The number of nitrogens with zero attached hydrogens (tertiary/aromatic N) is 2. The summed E-state index contributed by atoms with van der Waals surface area (Å²) in [4.78, 5) is 32.7. The Bertz CT molecular complexity index is 1260. The lowest BCUT2D eigenvalue weighted by Gasteiger charge is -2.32. The molecule has 0 bridgehead atoms. The molecule has 37 heavy (non-hydrogen) atoms. The Morgan fingerprint density at radius 1 is 0.973 bits per heavy atom. The molecule has 0 aliphatic carbocycles. The maximum absolute atomic E-state index is 13.3. The highest BCUT2D eigenvalue weighted by Crippen LogP contribution is 2.32. The number of nitrogens with one attached hydrogen (secondary N) is 1. The van der Waals surface area contributed by atoms with Crippen LogP contribution in [-0.2, 0) is 16.0 Å². The molecular formula is C28H29N3O5S. The van der Waals surface area contributed by atoms with Gasteiger partial charge in [0, 0.05) is 18.7 Å². The number of rotatable bonds is 9. The Kier molecular flexibility index (Phi) is 8.68. The van der Waals surface area contributed by atoms with E-state index in [9.17, 15) is 9.59 Å². The predicted molar refractivity (Wildman–Crippen MR) is 146 cm³/mol. The topological polar surface area (TPSA) is 89.5 Å². The van der Waals surface area contributed by atoms with Gasteiger partial charge in [-0.15, -0.1) is 0 Å². The van der Waals surface area contributed by atoms with Crippen LogP contribution in [-0.4, -0.2) is 55.0 Å². The van der Waals surface area contributed by atoms with Crippen LogP contribution in [0, 0.1) is 0 Å². The normalized spacial score (nSPS) is 16.4. The molecule has 2 amide bonds. The lowest BCUT2D eigenvalue weighted by atomic mass is 10.1. The second-order valence-electron chi connectivity index (χ2n) is 8.24. The molecule has 8 nitrogen and oxygen atoms in total. The summed E-state index contributed by atoms with van der Waals surface area (Å²) < 4.78 is 16.0. The minimum absolute atomic E-state index is 0.0803. The Morgan fingerprint density at radius 2 is 1.70 bits per heavy atom. The summed E-state index contributed by atoms with van der Waals surface area (Å²) in [6, 6.07) is 22.1. The first-order valence-corrected chi connectivity index (χ1v) is 12.6. The molecule has 1 heterocycles. The molecule has 1 aliphatic heterocycles. The van der Waals surface area contributed by atoms with E-state index in [4.69, 9.17) is 19.2 Å². The summed E-state index contributed by atoms with van der Waals surface area (Å²) in [5.41, 5.74) is 2.34.